The van der Waals surface area contributed by atoms with E-state index in [1.165, 1.54) is 12.4 Å². The predicted molar refractivity (Wildman–Crippen MR) is 57.3 cm³/mol. The van der Waals surface area contributed by atoms with E-state index in [2.05, 4.69) is 4.98 Å². The molecule has 5 nitrogen and oxygen atoms in total. The molecule has 6 heteroatoms. The van der Waals surface area contributed by atoms with Gasteiger partial charge in [0.15, 0.2) is 0 Å². The molecule has 1 aliphatic rings. The summed E-state index contributed by atoms with van der Waals surface area (Å²) in [5.74, 6) is 0.282. The largest absolute Gasteiger partial charge is 0.482 e. The van der Waals surface area contributed by atoms with E-state index in [4.69, 9.17) is 4.74 Å². The van der Waals surface area contributed by atoms with E-state index in [1.807, 2.05) is 22.6 Å². The van der Waals surface area contributed by atoms with Gasteiger partial charge in [0.1, 0.15) is 3.57 Å². The summed E-state index contributed by atoms with van der Waals surface area (Å²) in [5.41, 5.74) is 0.0208. The van der Waals surface area contributed by atoms with Crippen LogP contribution < -0.4 is 4.74 Å². The molecule has 1 heterocycles. The van der Waals surface area contributed by atoms with Gasteiger partial charge < -0.3 is 4.74 Å². The van der Waals surface area contributed by atoms with Crippen molar-refractivity contribution in [3.05, 3.63) is 26.1 Å². The van der Waals surface area contributed by atoms with Gasteiger partial charge in [-0.1, -0.05) is 0 Å². The van der Waals surface area contributed by atoms with E-state index in [0.29, 0.717) is 3.57 Å². The van der Waals surface area contributed by atoms with Crippen molar-refractivity contribution in [1.29, 1.82) is 0 Å². The summed E-state index contributed by atoms with van der Waals surface area (Å²) in [6, 6.07) is 0. The van der Waals surface area contributed by atoms with Crippen LogP contribution in [0.4, 0.5) is 5.69 Å². The lowest BCUT2D eigenvalue weighted by atomic mass is 10.4. The molecule has 1 aromatic rings. The summed E-state index contributed by atoms with van der Waals surface area (Å²) in [6.45, 7) is 0. The molecule has 0 bridgehead atoms. The van der Waals surface area contributed by atoms with Crippen molar-refractivity contribution in [1.82, 2.24) is 4.98 Å². The summed E-state index contributed by atoms with van der Waals surface area (Å²) in [4.78, 5) is 14.2. The molecule has 1 aromatic heterocycles. The van der Waals surface area contributed by atoms with Gasteiger partial charge in [0.2, 0.25) is 5.75 Å². The van der Waals surface area contributed by atoms with Crippen LogP contribution in [0.25, 0.3) is 0 Å². The lowest BCUT2D eigenvalue weighted by Crippen LogP contribution is -2.02. The third kappa shape index (κ3) is 1.94. The minimum Gasteiger partial charge on any atom is -0.482 e. The van der Waals surface area contributed by atoms with Crippen LogP contribution >= 0.6 is 22.6 Å². The number of nitro groups is 1. The second kappa shape index (κ2) is 3.68. The molecule has 0 aromatic carbocycles. The fraction of sp³-hybridized carbons (Fsp3) is 0.375. The molecule has 14 heavy (non-hydrogen) atoms. The number of pyridine rings is 1. The van der Waals surface area contributed by atoms with Gasteiger partial charge in [-0.15, -0.1) is 0 Å². The van der Waals surface area contributed by atoms with Crippen LogP contribution in [0.1, 0.15) is 12.8 Å². The molecular formula is C8H7IN2O3. The van der Waals surface area contributed by atoms with Crippen LogP contribution in [-0.2, 0) is 0 Å². The number of hydrogen-bond donors (Lipinski definition) is 0. The predicted octanol–water partition coefficient (Wildman–Crippen LogP) is 2.14. The standard InChI is InChI=1S/C8H7IN2O3/c9-6-3-10-4-7(8(6)11(12)13)14-5-1-2-5/h3-5H,1-2H2. The van der Waals surface area contributed by atoms with Gasteiger partial charge in [0.25, 0.3) is 0 Å². The topological polar surface area (TPSA) is 65.3 Å². The molecule has 1 saturated carbocycles. The van der Waals surface area contributed by atoms with Crippen LogP contribution in [0.15, 0.2) is 12.4 Å². The SMILES string of the molecule is O=[N+]([O-])c1c(I)cncc1OC1CC1. The van der Waals surface area contributed by atoms with E-state index < -0.39 is 4.92 Å². The Balaban J connectivity index is 2.35. The Kier molecular flexibility index (Phi) is 2.53. The quantitative estimate of drug-likeness (QED) is 0.487. The van der Waals surface area contributed by atoms with E-state index in [9.17, 15) is 10.1 Å². The fourth-order valence-electron chi connectivity index (χ4n) is 1.04. The molecule has 0 saturated heterocycles. The summed E-state index contributed by atoms with van der Waals surface area (Å²) in [7, 11) is 0. The highest BCUT2D eigenvalue weighted by molar-refractivity contribution is 14.1. The van der Waals surface area contributed by atoms with Gasteiger partial charge in [-0.3, -0.25) is 15.1 Å². The van der Waals surface area contributed by atoms with Crippen LogP contribution in [0.2, 0.25) is 0 Å². The maximum Gasteiger partial charge on any atom is 0.327 e. The van der Waals surface area contributed by atoms with Crippen molar-refractivity contribution in [3.63, 3.8) is 0 Å². The molecular weight excluding hydrogens is 299 g/mol. The van der Waals surface area contributed by atoms with Gasteiger partial charge >= 0.3 is 5.69 Å². The first kappa shape index (κ1) is 9.63. The van der Waals surface area contributed by atoms with Crippen LogP contribution in [-0.4, -0.2) is 16.0 Å². The molecule has 1 aliphatic carbocycles. The van der Waals surface area contributed by atoms with E-state index >= 15 is 0 Å². The summed E-state index contributed by atoms with van der Waals surface area (Å²) in [6.07, 6.45) is 4.95. The minimum absolute atomic E-state index is 0.0208. The third-order valence-corrected chi connectivity index (χ3v) is 2.63. The lowest BCUT2D eigenvalue weighted by molar-refractivity contribution is -0.387. The minimum atomic E-state index is -0.429. The Morgan fingerprint density at radius 2 is 2.29 bits per heavy atom. The highest BCUT2D eigenvalue weighted by Gasteiger charge is 2.28. The molecule has 2 rings (SSSR count). The second-order valence-corrected chi connectivity index (χ2v) is 4.20. The fourth-order valence-corrected chi connectivity index (χ4v) is 1.66. The van der Waals surface area contributed by atoms with E-state index in [0.717, 1.165) is 12.8 Å². The number of aromatic nitrogens is 1. The van der Waals surface area contributed by atoms with Gasteiger partial charge in [-0.2, -0.15) is 0 Å². The molecule has 74 valence electrons. The molecule has 0 atom stereocenters. The van der Waals surface area contributed by atoms with Crippen molar-refractivity contribution >= 4 is 28.3 Å². The number of nitrogens with zero attached hydrogens (tertiary/aromatic N) is 2. The smallest absolute Gasteiger partial charge is 0.327 e. The van der Waals surface area contributed by atoms with Crippen LogP contribution in [0.5, 0.6) is 5.75 Å². The summed E-state index contributed by atoms with van der Waals surface area (Å²) < 4.78 is 5.89. The number of hydrogen-bond acceptors (Lipinski definition) is 4. The maximum absolute atomic E-state index is 10.7. The van der Waals surface area contributed by atoms with Crippen LogP contribution in [0, 0.1) is 13.7 Å². The molecule has 0 amide bonds. The highest BCUT2D eigenvalue weighted by atomic mass is 127. The Labute approximate surface area is 93.8 Å². The van der Waals surface area contributed by atoms with Gasteiger partial charge in [-0.05, 0) is 35.4 Å². The Morgan fingerprint density at radius 3 is 2.86 bits per heavy atom. The first-order valence-corrected chi connectivity index (χ1v) is 5.21. The molecule has 0 radical (unpaired) electrons. The van der Waals surface area contributed by atoms with Crippen molar-refractivity contribution in [2.24, 2.45) is 0 Å². The first-order valence-electron chi connectivity index (χ1n) is 4.13. The zero-order valence-corrected chi connectivity index (χ0v) is 9.30. The van der Waals surface area contributed by atoms with Gasteiger partial charge in [0, 0.05) is 6.20 Å². The Morgan fingerprint density at radius 1 is 1.57 bits per heavy atom. The molecule has 0 spiro atoms. The number of ether oxygens (including phenoxy) is 1. The second-order valence-electron chi connectivity index (χ2n) is 3.04. The summed E-state index contributed by atoms with van der Waals surface area (Å²) >= 11 is 1.88. The summed E-state index contributed by atoms with van der Waals surface area (Å²) in [5, 5.41) is 10.7. The Hall–Kier alpha value is -0.920. The molecule has 0 unspecified atom stereocenters. The normalized spacial score (nSPS) is 15.2. The molecule has 1 fully saturated rings. The van der Waals surface area contributed by atoms with E-state index in [-0.39, 0.29) is 17.5 Å². The zero-order chi connectivity index (χ0) is 10.1. The average molecular weight is 306 g/mol. The number of rotatable bonds is 3. The zero-order valence-electron chi connectivity index (χ0n) is 7.14. The monoisotopic (exact) mass is 306 g/mol. The third-order valence-electron chi connectivity index (χ3n) is 1.84. The van der Waals surface area contributed by atoms with Gasteiger partial charge in [0.05, 0.1) is 17.2 Å². The van der Waals surface area contributed by atoms with E-state index in [1.54, 1.807) is 0 Å². The molecule has 0 aliphatic heterocycles. The highest BCUT2D eigenvalue weighted by Crippen LogP contribution is 2.35. The van der Waals surface area contributed by atoms with Crippen LogP contribution in [0.3, 0.4) is 0 Å². The first-order chi connectivity index (χ1) is 6.68. The molecule has 0 N–H and O–H groups in total. The lowest BCUT2D eigenvalue weighted by Gasteiger charge is -2.04. The Bertz CT molecular complexity index is 379. The van der Waals surface area contributed by atoms with Crippen molar-refractivity contribution < 1.29 is 9.66 Å². The van der Waals surface area contributed by atoms with Crippen molar-refractivity contribution in [2.75, 3.05) is 0 Å². The number of halogens is 1. The average Bonchev–Trinajstić information content (AvgIpc) is 2.87. The van der Waals surface area contributed by atoms with Crippen molar-refractivity contribution in [2.45, 2.75) is 18.9 Å². The van der Waals surface area contributed by atoms with Crippen molar-refractivity contribution in [3.8, 4) is 5.75 Å². The van der Waals surface area contributed by atoms with Gasteiger partial charge in [-0.25, -0.2) is 0 Å². The maximum atomic E-state index is 10.7.